The minimum atomic E-state index is -4.17. The average Bonchev–Trinajstić information content (AvgIpc) is 2.43. The van der Waals surface area contributed by atoms with Crippen molar-refractivity contribution in [3.8, 4) is 0 Å². The van der Waals surface area contributed by atoms with Gasteiger partial charge < -0.3 is 4.42 Å². The third kappa shape index (κ3) is 3.47. The van der Waals surface area contributed by atoms with Crippen LogP contribution in [0.25, 0.3) is 0 Å². The quantitative estimate of drug-likeness (QED) is 0.638. The molecule has 6 heteroatoms. The minimum Gasteiger partial charge on any atom is -0.466 e. The summed E-state index contributed by atoms with van der Waals surface area (Å²) in [6.07, 6.45) is -5.14. The van der Waals surface area contributed by atoms with Crippen LogP contribution in [-0.4, -0.2) is 6.18 Å². The number of aryl methyl sites for hydroxylation is 2. The van der Waals surface area contributed by atoms with Gasteiger partial charge >= 0.3 is 6.18 Å². The van der Waals surface area contributed by atoms with Gasteiger partial charge in [0.05, 0.1) is 0 Å². The number of halogens is 3. The van der Waals surface area contributed by atoms with E-state index in [2.05, 4.69) is 5.43 Å². The van der Waals surface area contributed by atoms with Crippen LogP contribution in [0.15, 0.2) is 4.42 Å². The molecular formula is C11H17F3N2O. The zero-order chi connectivity index (χ0) is 13.2. The Morgan fingerprint density at radius 1 is 1.24 bits per heavy atom. The Hall–Kier alpha value is -1.01. The monoisotopic (exact) mass is 250 g/mol. The number of hydrogen-bond acceptors (Lipinski definition) is 3. The molecule has 0 aromatic carbocycles. The summed E-state index contributed by atoms with van der Waals surface area (Å²) in [4.78, 5) is 0. The van der Waals surface area contributed by atoms with Crippen LogP contribution in [0.1, 0.15) is 41.5 Å². The van der Waals surface area contributed by atoms with E-state index in [1.807, 2.05) is 6.92 Å². The van der Waals surface area contributed by atoms with Gasteiger partial charge in [-0.15, -0.1) is 0 Å². The standard InChI is InChI=1S/C11H17F3N2O/c1-6-7(2)17-8(3)10(6)9(16-15)4-5-11(12,13)14/h9,16H,4-5,15H2,1-3H3. The summed E-state index contributed by atoms with van der Waals surface area (Å²) in [7, 11) is 0. The van der Waals surface area contributed by atoms with Crippen LogP contribution in [0.3, 0.4) is 0 Å². The molecule has 0 spiro atoms. The summed E-state index contributed by atoms with van der Waals surface area (Å²) in [6.45, 7) is 5.33. The van der Waals surface area contributed by atoms with E-state index in [9.17, 15) is 13.2 Å². The molecule has 3 nitrogen and oxygen atoms in total. The second-order valence-electron chi connectivity index (χ2n) is 4.13. The molecule has 1 heterocycles. The molecule has 3 N–H and O–H groups in total. The number of furan rings is 1. The highest BCUT2D eigenvalue weighted by atomic mass is 19.4. The van der Waals surface area contributed by atoms with E-state index in [4.69, 9.17) is 10.3 Å². The zero-order valence-electron chi connectivity index (χ0n) is 10.1. The molecule has 0 fully saturated rings. The fourth-order valence-corrected chi connectivity index (χ4v) is 1.94. The Balaban J connectivity index is 2.87. The molecule has 98 valence electrons. The maximum absolute atomic E-state index is 12.2. The van der Waals surface area contributed by atoms with Gasteiger partial charge in [0.1, 0.15) is 11.5 Å². The number of hydrogen-bond donors (Lipinski definition) is 2. The van der Waals surface area contributed by atoms with Crippen LogP contribution in [0.5, 0.6) is 0 Å². The molecule has 1 unspecified atom stereocenters. The van der Waals surface area contributed by atoms with Gasteiger partial charge in [-0.2, -0.15) is 13.2 Å². The van der Waals surface area contributed by atoms with Crippen LogP contribution in [0.4, 0.5) is 13.2 Å². The van der Waals surface area contributed by atoms with E-state index in [0.717, 1.165) is 11.1 Å². The van der Waals surface area contributed by atoms with Crippen LogP contribution in [0.2, 0.25) is 0 Å². The second-order valence-corrected chi connectivity index (χ2v) is 4.13. The van der Waals surface area contributed by atoms with Crippen LogP contribution in [0, 0.1) is 20.8 Å². The van der Waals surface area contributed by atoms with E-state index >= 15 is 0 Å². The van der Waals surface area contributed by atoms with Crippen molar-refractivity contribution < 1.29 is 17.6 Å². The van der Waals surface area contributed by atoms with E-state index < -0.39 is 18.6 Å². The first-order chi connectivity index (χ1) is 7.76. The predicted octanol–water partition coefficient (Wildman–Crippen LogP) is 3.05. The minimum absolute atomic E-state index is 0.0966. The topological polar surface area (TPSA) is 51.2 Å². The molecule has 0 bridgehead atoms. The van der Waals surface area contributed by atoms with Crippen LogP contribution >= 0.6 is 0 Å². The van der Waals surface area contributed by atoms with Crippen molar-refractivity contribution in [2.24, 2.45) is 5.84 Å². The first-order valence-electron chi connectivity index (χ1n) is 5.35. The van der Waals surface area contributed by atoms with E-state index in [1.54, 1.807) is 13.8 Å². The summed E-state index contributed by atoms with van der Waals surface area (Å²) in [5.41, 5.74) is 4.01. The van der Waals surface area contributed by atoms with Crippen molar-refractivity contribution in [2.45, 2.75) is 45.8 Å². The van der Waals surface area contributed by atoms with Gasteiger partial charge in [0.2, 0.25) is 0 Å². The first-order valence-corrected chi connectivity index (χ1v) is 5.35. The van der Waals surface area contributed by atoms with Crippen molar-refractivity contribution in [1.29, 1.82) is 0 Å². The first kappa shape index (κ1) is 14.1. The third-order valence-corrected chi connectivity index (χ3v) is 2.88. The summed E-state index contributed by atoms with van der Waals surface area (Å²) in [6, 6.07) is -0.533. The number of nitrogens with two attached hydrogens (primary N) is 1. The molecule has 0 saturated heterocycles. The fraction of sp³-hybridized carbons (Fsp3) is 0.636. The molecule has 1 aromatic rings. The highest BCUT2D eigenvalue weighted by Crippen LogP contribution is 2.32. The van der Waals surface area contributed by atoms with Crippen LogP contribution in [-0.2, 0) is 0 Å². The molecule has 0 radical (unpaired) electrons. The fourth-order valence-electron chi connectivity index (χ4n) is 1.94. The zero-order valence-corrected chi connectivity index (χ0v) is 10.1. The Morgan fingerprint density at radius 3 is 2.18 bits per heavy atom. The molecular weight excluding hydrogens is 233 g/mol. The van der Waals surface area contributed by atoms with Gasteiger partial charge in [-0.25, -0.2) is 0 Å². The van der Waals surface area contributed by atoms with Crippen molar-refractivity contribution >= 4 is 0 Å². The lowest BCUT2D eigenvalue weighted by Gasteiger charge is -2.17. The third-order valence-electron chi connectivity index (χ3n) is 2.88. The molecule has 0 aliphatic carbocycles. The van der Waals surface area contributed by atoms with Gasteiger partial charge in [0, 0.05) is 18.0 Å². The molecule has 17 heavy (non-hydrogen) atoms. The van der Waals surface area contributed by atoms with Crippen LogP contribution < -0.4 is 11.3 Å². The molecule has 0 saturated carbocycles. The number of alkyl halides is 3. The van der Waals surface area contributed by atoms with E-state index in [0.29, 0.717) is 11.5 Å². The molecule has 1 rings (SSSR count). The van der Waals surface area contributed by atoms with E-state index in [-0.39, 0.29) is 6.42 Å². The summed E-state index contributed by atoms with van der Waals surface area (Å²) >= 11 is 0. The Kier molecular flexibility index (Phi) is 4.21. The number of rotatable bonds is 4. The number of hydrazine groups is 1. The average molecular weight is 250 g/mol. The van der Waals surface area contributed by atoms with Gasteiger partial charge in [0.15, 0.2) is 0 Å². The smallest absolute Gasteiger partial charge is 0.389 e. The Morgan fingerprint density at radius 2 is 1.82 bits per heavy atom. The van der Waals surface area contributed by atoms with Gasteiger partial charge in [-0.3, -0.25) is 11.3 Å². The van der Waals surface area contributed by atoms with E-state index in [1.165, 1.54) is 0 Å². The summed E-state index contributed by atoms with van der Waals surface area (Å²) in [5.74, 6) is 6.65. The summed E-state index contributed by atoms with van der Waals surface area (Å²) < 4.78 is 41.9. The predicted molar refractivity (Wildman–Crippen MR) is 58.3 cm³/mol. The van der Waals surface area contributed by atoms with Crippen molar-refractivity contribution in [2.75, 3.05) is 0 Å². The Labute approximate surface area is 98.1 Å². The molecule has 0 aliphatic rings. The molecule has 1 atom stereocenters. The maximum atomic E-state index is 12.2. The largest absolute Gasteiger partial charge is 0.466 e. The van der Waals surface area contributed by atoms with Crippen molar-refractivity contribution in [3.05, 3.63) is 22.6 Å². The van der Waals surface area contributed by atoms with Gasteiger partial charge in [-0.1, -0.05) is 0 Å². The summed E-state index contributed by atoms with van der Waals surface area (Å²) in [5, 5.41) is 0. The number of nitrogens with one attached hydrogen (secondary N) is 1. The lowest BCUT2D eigenvalue weighted by molar-refractivity contribution is -0.136. The molecule has 0 aliphatic heterocycles. The molecule has 1 aromatic heterocycles. The van der Waals surface area contributed by atoms with Crippen molar-refractivity contribution in [1.82, 2.24) is 5.43 Å². The lowest BCUT2D eigenvalue weighted by atomic mass is 9.98. The SMILES string of the molecule is Cc1oc(C)c(C(CCC(F)(F)F)NN)c1C. The highest BCUT2D eigenvalue weighted by Gasteiger charge is 2.30. The van der Waals surface area contributed by atoms with Gasteiger partial charge in [0.25, 0.3) is 0 Å². The second kappa shape index (κ2) is 5.10. The highest BCUT2D eigenvalue weighted by molar-refractivity contribution is 5.34. The normalized spacial score (nSPS) is 14.1. The Bertz CT molecular complexity index is 385. The lowest BCUT2D eigenvalue weighted by Crippen LogP contribution is -2.29. The molecule has 0 amide bonds. The van der Waals surface area contributed by atoms with Gasteiger partial charge in [-0.05, 0) is 32.8 Å². The maximum Gasteiger partial charge on any atom is 0.389 e. The van der Waals surface area contributed by atoms with Crippen molar-refractivity contribution in [3.63, 3.8) is 0 Å².